The van der Waals surface area contributed by atoms with Crippen LogP contribution in [0.25, 0.3) is 0 Å². The lowest BCUT2D eigenvalue weighted by molar-refractivity contribution is -0.116. The molecule has 0 aliphatic carbocycles. The molecule has 1 aliphatic heterocycles. The Balaban J connectivity index is 1.47. The monoisotopic (exact) mass is 491 g/mol. The van der Waals surface area contributed by atoms with Crippen molar-refractivity contribution >= 4 is 21.6 Å². The number of sulfonamides is 1. The molecule has 1 amide bonds. The Bertz CT molecular complexity index is 1060. The zero-order valence-corrected chi connectivity index (χ0v) is 20.8. The third-order valence-electron chi connectivity index (χ3n) is 5.81. The van der Waals surface area contributed by atoms with Gasteiger partial charge in [-0.05, 0) is 62.3 Å². The quantitative estimate of drug-likeness (QED) is 0.546. The highest BCUT2D eigenvalue weighted by Gasteiger charge is 2.26. The van der Waals surface area contributed by atoms with Crippen molar-refractivity contribution in [2.45, 2.75) is 24.2 Å². The van der Waals surface area contributed by atoms with Crippen LogP contribution in [0.15, 0.2) is 47.4 Å². The van der Waals surface area contributed by atoms with Gasteiger partial charge in [0.15, 0.2) is 0 Å². The van der Waals surface area contributed by atoms with Crippen molar-refractivity contribution in [3.05, 3.63) is 42.5 Å². The normalized spacial score (nSPS) is 15.4. The van der Waals surface area contributed by atoms with Crippen molar-refractivity contribution in [1.82, 2.24) is 9.21 Å². The van der Waals surface area contributed by atoms with Crippen molar-refractivity contribution in [3.63, 3.8) is 0 Å². The summed E-state index contributed by atoms with van der Waals surface area (Å²) in [5, 5.41) is 2.88. The first kappa shape index (κ1) is 25.8. The van der Waals surface area contributed by atoms with Crippen LogP contribution >= 0.6 is 0 Å². The van der Waals surface area contributed by atoms with Crippen molar-refractivity contribution in [1.29, 1.82) is 0 Å². The summed E-state index contributed by atoms with van der Waals surface area (Å²) < 4.78 is 43.2. The van der Waals surface area contributed by atoms with Crippen LogP contribution in [0, 0.1) is 0 Å². The molecule has 0 bridgehead atoms. The molecule has 186 valence electrons. The molecule has 1 saturated heterocycles. The first-order valence-electron chi connectivity index (χ1n) is 11.3. The van der Waals surface area contributed by atoms with Crippen molar-refractivity contribution in [2.75, 3.05) is 59.4 Å². The molecule has 0 radical (unpaired) electrons. The highest BCUT2D eigenvalue weighted by Crippen LogP contribution is 2.29. The first-order valence-corrected chi connectivity index (χ1v) is 12.7. The van der Waals surface area contributed by atoms with E-state index >= 15 is 0 Å². The molecule has 0 unspecified atom stereocenters. The molecule has 34 heavy (non-hydrogen) atoms. The number of carbonyl (C=O) groups is 1. The molecule has 1 fully saturated rings. The average Bonchev–Trinajstić information content (AvgIpc) is 3.10. The molecule has 2 aromatic carbocycles. The van der Waals surface area contributed by atoms with Crippen LogP contribution < -0.4 is 19.5 Å². The van der Waals surface area contributed by atoms with E-state index in [1.807, 2.05) is 0 Å². The van der Waals surface area contributed by atoms with Crippen LogP contribution in [0.5, 0.6) is 17.2 Å². The number of methoxy groups -OCH3 is 3. The Labute approximate surface area is 201 Å². The van der Waals surface area contributed by atoms with Crippen LogP contribution in [-0.2, 0) is 14.8 Å². The topological polar surface area (TPSA) is 97.4 Å². The lowest BCUT2D eigenvalue weighted by Gasteiger charge is -2.22. The number of anilines is 1. The minimum absolute atomic E-state index is 0.0954. The number of nitrogens with one attached hydrogen (secondary N) is 1. The molecular formula is C24H33N3O6S. The van der Waals surface area contributed by atoms with Gasteiger partial charge in [-0.3, -0.25) is 4.79 Å². The Morgan fingerprint density at radius 3 is 2.29 bits per heavy atom. The van der Waals surface area contributed by atoms with Gasteiger partial charge in [-0.2, -0.15) is 4.31 Å². The Hall–Kier alpha value is -2.82. The van der Waals surface area contributed by atoms with Gasteiger partial charge in [0.25, 0.3) is 0 Å². The van der Waals surface area contributed by atoms with Gasteiger partial charge in [-0.25, -0.2) is 8.42 Å². The van der Waals surface area contributed by atoms with E-state index in [9.17, 15) is 13.2 Å². The maximum Gasteiger partial charge on any atom is 0.243 e. The number of benzene rings is 2. The Kier molecular flexibility index (Phi) is 9.14. The van der Waals surface area contributed by atoms with E-state index in [2.05, 4.69) is 10.2 Å². The van der Waals surface area contributed by atoms with Crippen molar-refractivity contribution in [2.24, 2.45) is 0 Å². The molecule has 1 N–H and O–H groups in total. The van der Waals surface area contributed by atoms with Gasteiger partial charge in [0.1, 0.15) is 17.2 Å². The molecule has 3 rings (SSSR count). The van der Waals surface area contributed by atoms with Gasteiger partial charge in [0.2, 0.25) is 15.9 Å². The zero-order valence-electron chi connectivity index (χ0n) is 20.0. The molecule has 9 nitrogen and oxygen atoms in total. The Morgan fingerprint density at radius 1 is 0.912 bits per heavy atom. The molecule has 0 aromatic heterocycles. The average molecular weight is 492 g/mol. The summed E-state index contributed by atoms with van der Waals surface area (Å²) >= 11 is 0. The first-order chi connectivity index (χ1) is 16.4. The largest absolute Gasteiger partial charge is 0.497 e. The second-order valence-corrected chi connectivity index (χ2v) is 9.93. The van der Waals surface area contributed by atoms with Gasteiger partial charge in [0.05, 0.1) is 31.9 Å². The second kappa shape index (κ2) is 12.0. The number of ether oxygens (including phenoxy) is 3. The standard InChI is InChI=1S/C24H33N3O6S/c1-31-19-7-10-21(11-8-19)34(29,30)27-15-5-14-26(16-17-27)13-4-6-24(28)25-22-12-9-20(32-2)18-23(22)33-3/h7-12,18H,4-6,13-17H2,1-3H3,(H,25,28). The maximum absolute atomic E-state index is 13.0. The number of nitrogens with zero attached hydrogens (tertiary/aromatic N) is 2. The fourth-order valence-corrected chi connectivity index (χ4v) is 5.36. The summed E-state index contributed by atoms with van der Waals surface area (Å²) in [6, 6.07) is 11.7. The smallest absolute Gasteiger partial charge is 0.243 e. The SMILES string of the molecule is COc1ccc(S(=O)(=O)N2CCCN(CCCC(=O)Nc3ccc(OC)cc3OC)CC2)cc1. The summed E-state index contributed by atoms with van der Waals surface area (Å²) in [5.74, 6) is 1.72. The highest BCUT2D eigenvalue weighted by atomic mass is 32.2. The van der Waals surface area contributed by atoms with Gasteiger partial charge in [-0.15, -0.1) is 0 Å². The Morgan fingerprint density at radius 2 is 1.62 bits per heavy atom. The van der Waals surface area contributed by atoms with E-state index in [4.69, 9.17) is 14.2 Å². The van der Waals surface area contributed by atoms with E-state index in [1.54, 1.807) is 63.8 Å². The number of amides is 1. The fraction of sp³-hybridized carbons (Fsp3) is 0.458. The minimum atomic E-state index is -3.55. The second-order valence-electron chi connectivity index (χ2n) is 7.99. The molecule has 2 aromatic rings. The van der Waals surface area contributed by atoms with Crippen LogP contribution in [0.4, 0.5) is 5.69 Å². The highest BCUT2D eigenvalue weighted by molar-refractivity contribution is 7.89. The van der Waals surface area contributed by atoms with Crippen LogP contribution in [0.1, 0.15) is 19.3 Å². The summed E-state index contributed by atoms with van der Waals surface area (Å²) in [7, 11) is 1.12. The third kappa shape index (κ3) is 6.62. The summed E-state index contributed by atoms with van der Waals surface area (Å²) in [6.07, 6.45) is 1.78. The van der Waals surface area contributed by atoms with Crippen LogP contribution in [0.3, 0.4) is 0 Å². The molecule has 10 heteroatoms. The molecule has 1 aliphatic rings. The lowest BCUT2D eigenvalue weighted by atomic mass is 10.2. The maximum atomic E-state index is 13.0. The predicted molar refractivity (Wildman–Crippen MR) is 130 cm³/mol. The van der Waals surface area contributed by atoms with E-state index in [0.717, 1.165) is 19.5 Å². The van der Waals surface area contributed by atoms with E-state index < -0.39 is 10.0 Å². The third-order valence-corrected chi connectivity index (χ3v) is 7.72. The van der Waals surface area contributed by atoms with Gasteiger partial charge < -0.3 is 24.4 Å². The molecule has 0 spiro atoms. The molecule has 1 heterocycles. The number of rotatable bonds is 10. The number of carbonyl (C=O) groups excluding carboxylic acids is 1. The number of hydrogen-bond donors (Lipinski definition) is 1. The molecule has 0 atom stereocenters. The van der Waals surface area contributed by atoms with Gasteiger partial charge >= 0.3 is 0 Å². The van der Waals surface area contributed by atoms with Crippen molar-refractivity contribution < 1.29 is 27.4 Å². The lowest BCUT2D eigenvalue weighted by Crippen LogP contribution is -2.35. The van der Waals surface area contributed by atoms with E-state index in [1.165, 1.54) is 4.31 Å². The summed E-state index contributed by atoms with van der Waals surface area (Å²) in [6.45, 7) is 3.04. The summed E-state index contributed by atoms with van der Waals surface area (Å²) in [5.41, 5.74) is 0.599. The molecular weight excluding hydrogens is 458 g/mol. The fourth-order valence-electron chi connectivity index (χ4n) is 3.89. The predicted octanol–water partition coefficient (Wildman–Crippen LogP) is 2.83. The molecule has 0 saturated carbocycles. The number of hydrogen-bond acceptors (Lipinski definition) is 7. The van der Waals surface area contributed by atoms with Crippen LogP contribution in [0.2, 0.25) is 0 Å². The minimum Gasteiger partial charge on any atom is -0.497 e. The summed E-state index contributed by atoms with van der Waals surface area (Å²) in [4.78, 5) is 14.9. The van der Waals surface area contributed by atoms with Crippen LogP contribution in [-0.4, -0.2) is 77.6 Å². The van der Waals surface area contributed by atoms with E-state index in [0.29, 0.717) is 55.4 Å². The van der Waals surface area contributed by atoms with Gasteiger partial charge in [0, 0.05) is 32.1 Å². The van der Waals surface area contributed by atoms with E-state index in [-0.39, 0.29) is 10.8 Å². The zero-order chi connectivity index (χ0) is 24.6. The van der Waals surface area contributed by atoms with Gasteiger partial charge in [-0.1, -0.05) is 0 Å². The van der Waals surface area contributed by atoms with Crippen molar-refractivity contribution in [3.8, 4) is 17.2 Å².